The van der Waals surface area contributed by atoms with Crippen LogP contribution in [0.25, 0.3) is 0 Å². The van der Waals surface area contributed by atoms with Crippen molar-refractivity contribution in [3.63, 3.8) is 0 Å². The number of carboxylic acids is 1. The zero-order valence-electron chi connectivity index (χ0n) is 10.5. The Morgan fingerprint density at radius 3 is 2.19 bits per heavy atom. The predicted octanol–water partition coefficient (Wildman–Crippen LogP) is 0.541. The maximum atomic E-state index is 12.0. The first kappa shape index (κ1) is 14.9. The van der Waals surface area contributed by atoms with Crippen molar-refractivity contribution >= 4 is 11.9 Å². The molecule has 0 bridgehead atoms. The minimum atomic E-state index is -0.998. The van der Waals surface area contributed by atoms with Crippen LogP contribution in [-0.2, 0) is 9.59 Å². The molecule has 5 nitrogen and oxygen atoms in total. The molecular weight excluding hydrogens is 208 g/mol. The van der Waals surface area contributed by atoms with E-state index in [1.807, 2.05) is 13.8 Å². The lowest BCUT2D eigenvalue weighted by Gasteiger charge is -2.31. The van der Waals surface area contributed by atoms with E-state index in [9.17, 15) is 9.59 Å². The van der Waals surface area contributed by atoms with Crippen molar-refractivity contribution in [3.05, 3.63) is 0 Å². The van der Waals surface area contributed by atoms with Gasteiger partial charge in [-0.3, -0.25) is 9.59 Å². The van der Waals surface area contributed by atoms with Gasteiger partial charge in [0.05, 0.1) is 5.41 Å². The van der Waals surface area contributed by atoms with Gasteiger partial charge in [-0.15, -0.1) is 0 Å². The van der Waals surface area contributed by atoms with Gasteiger partial charge in [0.15, 0.2) is 0 Å². The van der Waals surface area contributed by atoms with Gasteiger partial charge in [0.2, 0.25) is 5.91 Å². The van der Waals surface area contributed by atoms with E-state index >= 15 is 0 Å². The molecule has 0 rings (SSSR count). The monoisotopic (exact) mass is 230 g/mol. The Bertz CT molecular complexity index is 262. The Labute approximate surface area is 96.6 Å². The van der Waals surface area contributed by atoms with Gasteiger partial charge in [0, 0.05) is 13.1 Å². The second-order valence-electron chi connectivity index (χ2n) is 5.06. The lowest BCUT2D eigenvalue weighted by molar-refractivity contribution is -0.149. The van der Waals surface area contributed by atoms with Crippen molar-refractivity contribution in [3.8, 4) is 0 Å². The van der Waals surface area contributed by atoms with Crippen LogP contribution in [0.2, 0.25) is 0 Å². The lowest BCUT2D eigenvalue weighted by atomic mass is 9.91. The molecule has 94 valence electrons. The number of nitrogens with zero attached hydrogens (tertiary/aromatic N) is 1. The Kier molecular flexibility index (Phi) is 5.44. The third kappa shape index (κ3) is 4.61. The zero-order valence-corrected chi connectivity index (χ0v) is 10.5. The topological polar surface area (TPSA) is 83.6 Å². The van der Waals surface area contributed by atoms with Crippen molar-refractivity contribution in [2.24, 2.45) is 17.1 Å². The highest BCUT2D eigenvalue weighted by atomic mass is 16.4. The molecule has 1 amide bonds. The van der Waals surface area contributed by atoms with Gasteiger partial charge < -0.3 is 15.7 Å². The minimum Gasteiger partial charge on any atom is -0.480 e. The van der Waals surface area contributed by atoms with Crippen molar-refractivity contribution < 1.29 is 14.7 Å². The molecule has 0 aliphatic carbocycles. The summed E-state index contributed by atoms with van der Waals surface area (Å²) < 4.78 is 0. The number of hydrogen-bond acceptors (Lipinski definition) is 3. The number of carbonyl (C=O) groups excluding carboxylic acids is 1. The van der Waals surface area contributed by atoms with Crippen molar-refractivity contribution in [2.75, 3.05) is 19.6 Å². The van der Waals surface area contributed by atoms with Gasteiger partial charge >= 0.3 is 5.97 Å². The maximum Gasteiger partial charge on any atom is 0.323 e. The Morgan fingerprint density at radius 2 is 1.88 bits per heavy atom. The SMILES string of the molecule is CC(C)CN(CC(=O)O)C(=O)C(C)(C)CN. The van der Waals surface area contributed by atoms with E-state index in [2.05, 4.69) is 0 Å². The zero-order chi connectivity index (χ0) is 12.9. The molecule has 5 heteroatoms. The fourth-order valence-electron chi connectivity index (χ4n) is 1.34. The van der Waals surface area contributed by atoms with Crippen LogP contribution in [0.4, 0.5) is 0 Å². The Balaban J connectivity index is 4.75. The molecule has 0 saturated carbocycles. The number of hydrogen-bond donors (Lipinski definition) is 2. The standard InChI is InChI=1S/C11H22N2O3/c1-8(2)5-13(6-9(14)15)10(16)11(3,4)7-12/h8H,5-7,12H2,1-4H3,(H,14,15). The molecule has 0 atom stereocenters. The van der Waals surface area contributed by atoms with E-state index < -0.39 is 11.4 Å². The summed E-state index contributed by atoms with van der Waals surface area (Å²) >= 11 is 0. The largest absolute Gasteiger partial charge is 0.480 e. The quantitative estimate of drug-likeness (QED) is 0.697. The first-order valence-corrected chi connectivity index (χ1v) is 5.42. The molecule has 0 fully saturated rings. The van der Waals surface area contributed by atoms with E-state index in [4.69, 9.17) is 10.8 Å². The van der Waals surface area contributed by atoms with Crippen LogP contribution in [0, 0.1) is 11.3 Å². The summed E-state index contributed by atoms with van der Waals surface area (Å²) in [5.41, 5.74) is 4.81. The number of nitrogens with two attached hydrogens (primary N) is 1. The fraction of sp³-hybridized carbons (Fsp3) is 0.818. The summed E-state index contributed by atoms with van der Waals surface area (Å²) in [5, 5.41) is 8.76. The normalized spacial score (nSPS) is 11.6. The number of carboxylic acid groups (broad SMARTS) is 1. The average molecular weight is 230 g/mol. The summed E-state index contributed by atoms with van der Waals surface area (Å²) in [7, 11) is 0. The van der Waals surface area contributed by atoms with Crippen LogP contribution in [0.3, 0.4) is 0 Å². The highest BCUT2D eigenvalue weighted by Gasteiger charge is 2.31. The molecule has 0 heterocycles. The van der Waals surface area contributed by atoms with E-state index in [1.165, 1.54) is 4.90 Å². The van der Waals surface area contributed by atoms with E-state index in [-0.39, 0.29) is 24.9 Å². The average Bonchev–Trinajstić information content (AvgIpc) is 2.14. The first-order chi connectivity index (χ1) is 7.20. The molecule has 0 saturated heterocycles. The predicted molar refractivity (Wildman–Crippen MR) is 61.9 cm³/mol. The van der Waals surface area contributed by atoms with Gasteiger partial charge in [-0.2, -0.15) is 0 Å². The summed E-state index contributed by atoms with van der Waals surface area (Å²) in [6.07, 6.45) is 0. The summed E-state index contributed by atoms with van der Waals surface area (Å²) in [5.74, 6) is -0.968. The van der Waals surface area contributed by atoms with Crippen LogP contribution < -0.4 is 5.73 Å². The fourth-order valence-corrected chi connectivity index (χ4v) is 1.34. The summed E-state index contributed by atoms with van der Waals surface area (Å²) in [6.45, 7) is 7.72. The van der Waals surface area contributed by atoms with Gasteiger partial charge in [-0.25, -0.2) is 0 Å². The molecule has 0 aromatic heterocycles. The molecular formula is C11H22N2O3. The number of amides is 1. The molecule has 0 aromatic rings. The van der Waals surface area contributed by atoms with Gasteiger partial charge in [-0.05, 0) is 19.8 Å². The third-order valence-corrected chi connectivity index (χ3v) is 2.29. The molecule has 0 unspecified atom stereocenters. The molecule has 0 aromatic carbocycles. The van der Waals surface area contributed by atoms with Crippen LogP contribution >= 0.6 is 0 Å². The van der Waals surface area contributed by atoms with Gasteiger partial charge in [0.25, 0.3) is 0 Å². The van der Waals surface area contributed by atoms with Gasteiger partial charge in [-0.1, -0.05) is 13.8 Å². The first-order valence-electron chi connectivity index (χ1n) is 5.42. The lowest BCUT2D eigenvalue weighted by Crippen LogP contribution is -2.47. The Hall–Kier alpha value is -1.10. The van der Waals surface area contributed by atoms with Crippen molar-refractivity contribution in [2.45, 2.75) is 27.7 Å². The number of rotatable bonds is 6. The van der Waals surface area contributed by atoms with Crippen molar-refractivity contribution in [1.29, 1.82) is 0 Å². The highest BCUT2D eigenvalue weighted by molar-refractivity contribution is 5.85. The highest BCUT2D eigenvalue weighted by Crippen LogP contribution is 2.17. The summed E-state index contributed by atoms with van der Waals surface area (Å²) in [6, 6.07) is 0. The number of carbonyl (C=O) groups is 2. The molecule has 0 spiro atoms. The van der Waals surface area contributed by atoms with Crippen LogP contribution in [-0.4, -0.2) is 41.5 Å². The van der Waals surface area contributed by atoms with Crippen LogP contribution in [0.15, 0.2) is 0 Å². The smallest absolute Gasteiger partial charge is 0.323 e. The molecule has 3 N–H and O–H groups in total. The summed E-state index contributed by atoms with van der Waals surface area (Å²) in [4.78, 5) is 24.1. The van der Waals surface area contributed by atoms with Crippen molar-refractivity contribution in [1.82, 2.24) is 4.90 Å². The third-order valence-electron chi connectivity index (χ3n) is 2.29. The van der Waals surface area contributed by atoms with E-state index in [1.54, 1.807) is 13.8 Å². The molecule has 0 aliphatic heterocycles. The minimum absolute atomic E-state index is 0.203. The van der Waals surface area contributed by atoms with Crippen LogP contribution in [0.1, 0.15) is 27.7 Å². The second kappa shape index (κ2) is 5.84. The van der Waals surface area contributed by atoms with Gasteiger partial charge in [0.1, 0.15) is 6.54 Å². The van der Waals surface area contributed by atoms with Crippen LogP contribution in [0.5, 0.6) is 0 Å². The molecule has 0 radical (unpaired) electrons. The molecule has 16 heavy (non-hydrogen) atoms. The second-order valence-corrected chi connectivity index (χ2v) is 5.06. The van der Waals surface area contributed by atoms with E-state index in [0.29, 0.717) is 6.54 Å². The Morgan fingerprint density at radius 1 is 1.38 bits per heavy atom. The maximum absolute atomic E-state index is 12.0. The van der Waals surface area contributed by atoms with E-state index in [0.717, 1.165) is 0 Å². The molecule has 0 aliphatic rings. The number of aliphatic carboxylic acids is 1.